The number of benzene rings is 2. The van der Waals surface area contributed by atoms with Crippen LogP contribution in [0.5, 0.6) is 5.75 Å². The van der Waals surface area contributed by atoms with Gasteiger partial charge in [-0.3, -0.25) is 19.4 Å². The Morgan fingerprint density at radius 3 is 2.10 bits per heavy atom. The van der Waals surface area contributed by atoms with E-state index in [1.54, 1.807) is 12.1 Å². The van der Waals surface area contributed by atoms with E-state index in [2.05, 4.69) is 20.9 Å². The molecule has 13 heteroatoms. The minimum Gasteiger partial charge on any atom is -0.508 e. The highest BCUT2D eigenvalue weighted by Crippen LogP contribution is 2.12. The van der Waals surface area contributed by atoms with E-state index in [1.807, 2.05) is 30.3 Å². The van der Waals surface area contributed by atoms with Crippen LogP contribution in [0, 0.1) is 0 Å². The fraction of sp³-hybridized carbons (Fsp3) is 0.346. The molecular weight excluding hydrogens is 506 g/mol. The van der Waals surface area contributed by atoms with Crippen LogP contribution in [-0.2, 0) is 32.0 Å². The van der Waals surface area contributed by atoms with Crippen molar-refractivity contribution >= 4 is 29.7 Å². The Hall–Kier alpha value is -4.65. The number of phenolic OH excluding ortho intramolecular Hbond substituents is 1. The number of aromatic hydroxyl groups is 1. The summed E-state index contributed by atoms with van der Waals surface area (Å²) in [5.74, 6) is -3.32. The fourth-order valence-corrected chi connectivity index (χ4v) is 3.61. The molecule has 0 aliphatic rings. The maximum atomic E-state index is 13.0. The topological polar surface area (TPSA) is 235 Å². The van der Waals surface area contributed by atoms with E-state index >= 15 is 0 Å². The van der Waals surface area contributed by atoms with Gasteiger partial charge in [0.25, 0.3) is 0 Å². The van der Waals surface area contributed by atoms with Crippen molar-refractivity contribution in [1.82, 2.24) is 16.0 Å². The molecule has 3 atom stereocenters. The van der Waals surface area contributed by atoms with Gasteiger partial charge in [-0.1, -0.05) is 42.5 Å². The molecule has 0 aliphatic heterocycles. The van der Waals surface area contributed by atoms with Crippen LogP contribution >= 0.6 is 0 Å². The molecule has 3 unspecified atom stereocenters. The molecule has 39 heavy (non-hydrogen) atoms. The van der Waals surface area contributed by atoms with Crippen LogP contribution in [-0.4, -0.2) is 71.1 Å². The second kappa shape index (κ2) is 15.6. The summed E-state index contributed by atoms with van der Waals surface area (Å²) in [6.07, 6.45) is 0.617. The Labute approximate surface area is 225 Å². The van der Waals surface area contributed by atoms with E-state index in [0.29, 0.717) is 12.0 Å². The van der Waals surface area contributed by atoms with E-state index in [9.17, 15) is 29.4 Å². The normalized spacial score (nSPS) is 12.8. The highest BCUT2D eigenvalue weighted by atomic mass is 16.4. The van der Waals surface area contributed by atoms with Crippen LogP contribution in [0.3, 0.4) is 0 Å². The fourth-order valence-electron chi connectivity index (χ4n) is 3.61. The van der Waals surface area contributed by atoms with Gasteiger partial charge in [0.15, 0.2) is 5.96 Å². The number of carboxylic acids is 1. The smallest absolute Gasteiger partial charge is 0.326 e. The molecule has 2 rings (SSSR count). The molecule has 0 radical (unpaired) electrons. The van der Waals surface area contributed by atoms with Crippen LogP contribution in [0.2, 0.25) is 0 Å². The first-order valence-corrected chi connectivity index (χ1v) is 12.3. The van der Waals surface area contributed by atoms with Gasteiger partial charge in [0.05, 0.1) is 12.6 Å². The molecule has 0 bridgehead atoms. The number of aliphatic carboxylic acids is 1. The van der Waals surface area contributed by atoms with Gasteiger partial charge in [-0.15, -0.1) is 0 Å². The van der Waals surface area contributed by atoms with E-state index in [0.717, 1.165) is 5.56 Å². The van der Waals surface area contributed by atoms with Gasteiger partial charge in [-0.25, -0.2) is 4.79 Å². The highest BCUT2D eigenvalue weighted by Gasteiger charge is 2.27. The van der Waals surface area contributed by atoms with Crippen molar-refractivity contribution in [2.45, 2.75) is 43.8 Å². The summed E-state index contributed by atoms with van der Waals surface area (Å²) in [4.78, 5) is 53.5. The molecule has 210 valence electrons. The van der Waals surface area contributed by atoms with Gasteiger partial charge in [0, 0.05) is 13.0 Å². The van der Waals surface area contributed by atoms with Gasteiger partial charge in [-0.2, -0.15) is 0 Å². The maximum absolute atomic E-state index is 13.0. The first kappa shape index (κ1) is 30.6. The standard InChI is InChI=1S/C26H35N7O6/c27-19(13-16-5-2-1-3-6-16)23(36)31-15-22(35)32-21(14-17-8-10-18(34)11-9-17)24(37)33-20(25(38)39)7-4-12-30-26(28)29/h1-3,5-6,8-11,19-21,34H,4,7,12-15,27H2,(H,31,36)(H,32,35)(H,33,37)(H,38,39)(H4,28,29,30). The zero-order valence-corrected chi connectivity index (χ0v) is 21.4. The van der Waals surface area contributed by atoms with E-state index < -0.39 is 48.4 Å². The number of carboxylic acid groups (broad SMARTS) is 1. The molecule has 0 fully saturated rings. The number of aliphatic imine (C=N–C) groups is 1. The number of carbonyl (C=O) groups is 4. The molecule has 2 aromatic carbocycles. The summed E-state index contributed by atoms with van der Waals surface area (Å²) in [6.45, 7) is -0.261. The van der Waals surface area contributed by atoms with Gasteiger partial charge in [0.2, 0.25) is 17.7 Å². The lowest BCUT2D eigenvalue weighted by atomic mass is 10.0. The third kappa shape index (κ3) is 11.5. The number of nitrogens with one attached hydrogen (secondary N) is 3. The molecular formula is C26H35N7O6. The Balaban J connectivity index is 2.02. The predicted octanol–water partition coefficient (Wildman–Crippen LogP) is -1.27. The molecule has 2 aromatic rings. The van der Waals surface area contributed by atoms with Crippen molar-refractivity contribution in [2.75, 3.05) is 13.1 Å². The SMILES string of the molecule is NC(N)=NCCCC(NC(=O)C(Cc1ccc(O)cc1)NC(=O)CNC(=O)C(N)Cc1ccccc1)C(=O)O. The largest absolute Gasteiger partial charge is 0.508 e. The zero-order chi connectivity index (χ0) is 28.8. The van der Waals surface area contributed by atoms with Gasteiger partial charge >= 0.3 is 5.97 Å². The summed E-state index contributed by atoms with van der Waals surface area (Å²) >= 11 is 0. The Morgan fingerprint density at radius 1 is 0.846 bits per heavy atom. The van der Waals surface area contributed by atoms with Crippen molar-refractivity contribution in [3.05, 3.63) is 65.7 Å². The molecule has 0 saturated carbocycles. The number of hydrogen-bond acceptors (Lipinski definition) is 7. The summed E-state index contributed by atoms with van der Waals surface area (Å²) in [5, 5.41) is 26.5. The number of phenols is 1. The lowest BCUT2D eigenvalue weighted by molar-refractivity contribution is -0.142. The summed E-state index contributed by atoms with van der Waals surface area (Å²) < 4.78 is 0. The van der Waals surface area contributed by atoms with Crippen molar-refractivity contribution < 1.29 is 29.4 Å². The lowest BCUT2D eigenvalue weighted by Crippen LogP contribution is -2.54. The van der Waals surface area contributed by atoms with Gasteiger partial charge in [0.1, 0.15) is 17.8 Å². The summed E-state index contributed by atoms with van der Waals surface area (Å²) in [7, 11) is 0. The minimum atomic E-state index is -1.26. The molecule has 0 heterocycles. The van der Waals surface area contributed by atoms with Crippen LogP contribution in [0.4, 0.5) is 0 Å². The number of hydrogen-bond donors (Lipinski definition) is 8. The molecule has 13 nitrogen and oxygen atoms in total. The van der Waals surface area contributed by atoms with Gasteiger partial charge in [-0.05, 0) is 42.5 Å². The van der Waals surface area contributed by atoms with Crippen molar-refractivity contribution in [3.63, 3.8) is 0 Å². The second-order valence-electron chi connectivity index (χ2n) is 8.85. The van der Waals surface area contributed by atoms with Crippen molar-refractivity contribution in [3.8, 4) is 5.75 Å². The number of nitrogens with zero attached hydrogens (tertiary/aromatic N) is 1. The lowest BCUT2D eigenvalue weighted by Gasteiger charge is -2.22. The zero-order valence-electron chi connectivity index (χ0n) is 21.4. The number of guanidine groups is 1. The first-order chi connectivity index (χ1) is 18.5. The molecule has 0 saturated heterocycles. The Morgan fingerprint density at radius 2 is 1.49 bits per heavy atom. The molecule has 0 aromatic heterocycles. The molecule has 0 spiro atoms. The highest BCUT2D eigenvalue weighted by molar-refractivity contribution is 5.92. The number of amides is 3. The molecule has 0 aliphatic carbocycles. The monoisotopic (exact) mass is 541 g/mol. The predicted molar refractivity (Wildman–Crippen MR) is 144 cm³/mol. The third-order valence-electron chi connectivity index (χ3n) is 5.65. The quantitative estimate of drug-likeness (QED) is 0.0761. The average molecular weight is 542 g/mol. The van der Waals surface area contributed by atoms with Crippen LogP contribution in [0.15, 0.2) is 59.6 Å². The Kier molecular flexibility index (Phi) is 12.2. The number of rotatable bonds is 15. The number of carbonyl (C=O) groups excluding carboxylic acids is 3. The number of nitrogens with two attached hydrogens (primary N) is 3. The average Bonchev–Trinajstić information content (AvgIpc) is 2.90. The maximum Gasteiger partial charge on any atom is 0.326 e. The summed E-state index contributed by atoms with van der Waals surface area (Å²) in [5.41, 5.74) is 17.9. The van der Waals surface area contributed by atoms with E-state index in [4.69, 9.17) is 17.2 Å². The van der Waals surface area contributed by atoms with E-state index in [-0.39, 0.29) is 37.5 Å². The third-order valence-corrected chi connectivity index (χ3v) is 5.65. The Bertz CT molecular complexity index is 1140. The van der Waals surface area contributed by atoms with Crippen LogP contribution < -0.4 is 33.2 Å². The summed E-state index contributed by atoms with van der Waals surface area (Å²) in [6, 6.07) is 11.8. The van der Waals surface area contributed by atoms with Crippen LogP contribution in [0.25, 0.3) is 0 Å². The van der Waals surface area contributed by atoms with Crippen molar-refractivity contribution in [2.24, 2.45) is 22.2 Å². The molecule has 3 amide bonds. The minimum absolute atomic E-state index is 0.000337. The van der Waals surface area contributed by atoms with Crippen LogP contribution in [0.1, 0.15) is 24.0 Å². The van der Waals surface area contributed by atoms with Gasteiger partial charge < -0.3 is 43.4 Å². The van der Waals surface area contributed by atoms with E-state index in [1.165, 1.54) is 12.1 Å². The first-order valence-electron chi connectivity index (χ1n) is 12.3. The second-order valence-corrected chi connectivity index (χ2v) is 8.85. The molecule has 11 N–H and O–H groups in total. The van der Waals surface area contributed by atoms with Crippen molar-refractivity contribution in [1.29, 1.82) is 0 Å².